The van der Waals surface area contributed by atoms with Gasteiger partial charge in [-0.1, -0.05) is 24.3 Å². The van der Waals surface area contributed by atoms with Gasteiger partial charge in [0.15, 0.2) is 11.5 Å². The molecule has 4 heterocycles. The maximum atomic E-state index is 14.5. The number of halogens is 3. The molecule has 206 valence electrons. The van der Waals surface area contributed by atoms with Crippen LogP contribution in [0.5, 0.6) is 5.75 Å². The van der Waals surface area contributed by atoms with Crippen molar-refractivity contribution in [3.8, 4) is 17.3 Å². The molecule has 2 N–H and O–H groups in total. The summed E-state index contributed by atoms with van der Waals surface area (Å²) in [5.41, 5.74) is 1.59. The first-order chi connectivity index (χ1) is 18.8. The molecular weight excluding hydrogens is 509 g/mol. The van der Waals surface area contributed by atoms with E-state index in [1.807, 2.05) is 18.2 Å². The van der Waals surface area contributed by atoms with E-state index in [9.17, 15) is 18.3 Å². The average Bonchev–Trinajstić information content (AvgIpc) is 3.48. The highest BCUT2D eigenvalue weighted by atomic mass is 19.4. The van der Waals surface area contributed by atoms with E-state index < -0.39 is 18.3 Å². The Morgan fingerprint density at radius 2 is 1.95 bits per heavy atom. The van der Waals surface area contributed by atoms with Crippen molar-refractivity contribution >= 4 is 16.6 Å². The quantitative estimate of drug-likeness (QED) is 0.326. The SMILES string of the molecule is C[C@H](CO)Oc1cccc2ccc(-c3nnc4ccc([C@@H](N5CC[C@H](NCC6CC6)C5)C(F)(F)F)cn34)nc12. The number of aromatic nitrogens is 4. The molecule has 0 amide bonds. The highest BCUT2D eigenvalue weighted by molar-refractivity contribution is 5.86. The van der Waals surface area contributed by atoms with Crippen LogP contribution in [0.2, 0.25) is 0 Å². The fourth-order valence-corrected chi connectivity index (χ4v) is 5.29. The minimum Gasteiger partial charge on any atom is -0.486 e. The molecule has 3 aromatic heterocycles. The van der Waals surface area contributed by atoms with E-state index in [-0.39, 0.29) is 18.2 Å². The van der Waals surface area contributed by atoms with Gasteiger partial charge < -0.3 is 15.2 Å². The predicted molar refractivity (Wildman–Crippen MR) is 140 cm³/mol. The Balaban J connectivity index is 1.33. The predicted octanol–water partition coefficient (Wildman–Crippen LogP) is 4.38. The number of para-hydroxylation sites is 1. The second-order valence-corrected chi connectivity index (χ2v) is 10.6. The lowest BCUT2D eigenvalue weighted by Crippen LogP contribution is -2.40. The number of hydrogen-bond donors (Lipinski definition) is 2. The van der Waals surface area contributed by atoms with Crippen molar-refractivity contribution in [1.82, 2.24) is 29.8 Å². The van der Waals surface area contributed by atoms with Crippen LogP contribution < -0.4 is 10.1 Å². The molecule has 0 bridgehead atoms. The van der Waals surface area contributed by atoms with Crippen molar-refractivity contribution in [3.63, 3.8) is 0 Å². The smallest absolute Gasteiger partial charge is 0.408 e. The van der Waals surface area contributed by atoms with E-state index in [2.05, 4.69) is 15.5 Å². The van der Waals surface area contributed by atoms with E-state index in [0.717, 1.165) is 11.9 Å². The van der Waals surface area contributed by atoms with Crippen LogP contribution in [0, 0.1) is 5.92 Å². The molecule has 11 heteroatoms. The van der Waals surface area contributed by atoms with Crippen LogP contribution in [0.25, 0.3) is 28.1 Å². The first-order valence-electron chi connectivity index (χ1n) is 13.4. The third-order valence-corrected chi connectivity index (χ3v) is 7.53. The number of nitrogens with one attached hydrogen (secondary N) is 1. The Morgan fingerprint density at radius 3 is 2.72 bits per heavy atom. The summed E-state index contributed by atoms with van der Waals surface area (Å²) in [6.45, 7) is 3.21. The normalized spacial score (nSPS) is 20.1. The molecule has 1 aliphatic carbocycles. The van der Waals surface area contributed by atoms with E-state index >= 15 is 0 Å². The topological polar surface area (TPSA) is 87.8 Å². The van der Waals surface area contributed by atoms with Crippen LogP contribution in [0.1, 0.15) is 37.8 Å². The number of rotatable bonds is 9. The second-order valence-electron chi connectivity index (χ2n) is 10.6. The van der Waals surface area contributed by atoms with Gasteiger partial charge in [-0.15, -0.1) is 10.2 Å². The van der Waals surface area contributed by atoms with Crippen molar-refractivity contribution in [2.45, 2.75) is 50.6 Å². The van der Waals surface area contributed by atoms with Crippen molar-refractivity contribution in [2.75, 3.05) is 26.2 Å². The number of aliphatic hydroxyl groups excluding tert-OH is 1. The lowest BCUT2D eigenvalue weighted by Gasteiger charge is -2.30. The van der Waals surface area contributed by atoms with Gasteiger partial charge in [0.25, 0.3) is 0 Å². The third-order valence-electron chi connectivity index (χ3n) is 7.53. The number of hydrogen-bond acceptors (Lipinski definition) is 7. The monoisotopic (exact) mass is 540 g/mol. The van der Waals surface area contributed by atoms with Gasteiger partial charge in [0.2, 0.25) is 0 Å². The largest absolute Gasteiger partial charge is 0.486 e. The third kappa shape index (κ3) is 5.43. The van der Waals surface area contributed by atoms with Crippen LogP contribution in [0.4, 0.5) is 13.2 Å². The number of aliphatic hydroxyl groups is 1. The minimum atomic E-state index is -4.44. The maximum Gasteiger partial charge on any atom is 0.408 e. The number of likely N-dealkylation sites (tertiary alicyclic amines) is 1. The molecule has 1 aliphatic heterocycles. The molecule has 4 aromatic rings. The Morgan fingerprint density at radius 1 is 1.10 bits per heavy atom. The summed E-state index contributed by atoms with van der Waals surface area (Å²) < 4.78 is 50.8. The Bertz CT molecular complexity index is 1470. The lowest BCUT2D eigenvalue weighted by atomic mass is 10.1. The Labute approximate surface area is 223 Å². The van der Waals surface area contributed by atoms with Gasteiger partial charge >= 0.3 is 6.18 Å². The number of benzene rings is 1. The number of pyridine rings is 2. The zero-order chi connectivity index (χ0) is 27.1. The number of nitrogens with zero attached hydrogens (tertiary/aromatic N) is 5. The molecule has 2 aliphatic rings. The van der Waals surface area contributed by atoms with Crippen molar-refractivity contribution in [2.24, 2.45) is 5.92 Å². The Hall–Kier alpha value is -3.28. The highest BCUT2D eigenvalue weighted by Crippen LogP contribution is 2.40. The molecule has 0 radical (unpaired) electrons. The highest BCUT2D eigenvalue weighted by Gasteiger charge is 2.47. The summed E-state index contributed by atoms with van der Waals surface area (Å²) in [5.74, 6) is 1.52. The minimum absolute atomic E-state index is 0.0661. The molecule has 1 saturated carbocycles. The van der Waals surface area contributed by atoms with Gasteiger partial charge in [0.05, 0.1) is 6.61 Å². The fourth-order valence-electron chi connectivity index (χ4n) is 5.29. The first kappa shape index (κ1) is 26.0. The summed E-state index contributed by atoms with van der Waals surface area (Å²) in [5, 5.41) is 22.1. The zero-order valence-electron chi connectivity index (χ0n) is 21.6. The van der Waals surface area contributed by atoms with Gasteiger partial charge in [-0.3, -0.25) is 9.30 Å². The van der Waals surface area contributed by atoms with Crippen molar-refractivity contribution < 1.29 is 23.0 Å². The summed E-state index contributed by atoms with van der Waals surface area (Å²) in [6.07, 6.45) is -0.276. The van der Waals surface area contributed by atoms with Gasteiger partial charge in [-0.25, -0.2) is 4.98 Å². The molecule has 0 spiro atoms. The second kappa shape index (κ2) is 10.4. The molecular formula is C28H31F3N6O2. The maximum absolute atomic E-state index is 14.5. The molecule has 0 unspecified atom stereocenters. The number of alkyl halides is 3. The molecule has 8 nitrogen and oxygen atoms in total. The van der Waals surface area contributed by atoms with Gasteiger partial charge in [0, 0.05) is 30.7 Å². The average molecular weight is 541 g/mol. The molecule has 1 aromatic carbocycles. The van der Waals surface area contributed by atoms with Crippen molar-refractivity contribution in [1.29, 1.82) is 0 Å². The molecule has 3 atom stereocenters. The van der Waals surface area contributed by atoms with Gasteiger partial charge in [0.1, 0.15) is 29.1 Å². The van der Waals surface area contributed by atoms with Crippen LogP contribution in [0.15, 0.2) is 48.7 Å². The summed E-state index contributed by atoms with van der Waals surface area (Å²) in [6, 6.07) is 10.5. The van der Waals surface area contributed by atoms with Crippen LogP contribution in [-0.4, -0.2) is 74.2 Å². The van der Waals surface area contributed by atoms with Crippen LogP contribution in [-0.2, 0) is 0 Å². The molecule has 6 rings (SSSR count). The zero-order valence-corrected chi connectivity index (χ0v) is 21.6. The van der Waals surface area contributed by atoms with E-state index in [1.54, 1.807) is 29.5 Å². The lowest BCUT2D eigenvalue weighted by molar-refractivity contribution is -0.184. The first-order valence-corrected chi connectivity index (χ1v) is 13.4. The molecule has 39 heavy (non-hydrogen) atoms. The fraction of sp³-hybridized carbons (Fsp3) is 0.464. The molecule has 2 fully saturated rings. The number of ether oxygens (including phenoxy) is 1. The summed E-state index contributed by atoms with van der Waals surface area (Å²) in [4.78, 5) is 6.26. The molecule has 1 saturated heterocycles. The number of fused-ring (bicyclic) bond motifs is 2. The van der Waals surface area contributed by atoms with Crippen LogP contribution in [0.3, 0.4) is 0 Å². The van der Waals surface area contributed by atoms with E-state index in [0.29, 0.717) is 53.9 Å². The van der Waals surface area contributed by atoms with E-state index in [4.69, 9.17) is 9.72 Å². The standard InChI is InChI=1S/C28H31F3N6O2/c1-17(16-38)39-23-4-2-3-19-7-9-22(33-25(19)23)27-35-34-24-10-8-20(14-37(24)27)26(28(29,30)31)36-12-11-21(15-36)32-13-18-5-6-18/h2-4,7-10,14,17-18,21,26,32,38H,5-6,11-13,15-16H2,1H3/t17-,21+,26-/m1/s1. The Kier molecular flexibility index (Phi) is 6.90. The van der Waals surface area contributed by atoms with E-state index in [1.165, 1.54) is 30.0 Å². The summed E-state index contributed by atoms with van der Waals surface area (Å²) >= 11 is 0. The van der Waals surface area contributed by atoms with Gasteiger partial charge in [-0.05, 0) is 62.4 Å². The van der Waals surface area contributed by atoms with Gasteiger partial charge in [-0.2, -0.15) is 13.2 Å². The summed E-state index contributed by atoms with van der Waals surface area (Å²) in [7, 11) is 0. The van der Waals surface area contributed by atoms with Crippen LogP contribution >= 0.6 is 0 Å². The van der Waals surface area contributed by atoms with Crippen molar-refractivity contribution in [3.05, 3.63) is 54.2 Å².